The van der Waals surface area contributed by atoms with Crippen LogP contribution in [0.2, 0.25) is 0 Å². The SMILES string of the molecule is CN1C(=O)[C@@H](N)N=C(N2CC3CCCCC3C2)c2ccccc21. The summed E-state index contributed by atoms with van der Waals surface area (Å²) in [6, 6.07) is 8.00. The zero-order valence-electron chi connectivity index (χ0n) is 13.6. The van der Waals surface area contributed by atoms with Crippen molar-refractivity contribution in [1.82, 2.24) is 4.90 Å². The molecule has 122 valence electrons. The van der Waals surface area contributed by atoms with Crippen LogP contribution >= 0.6 is 0 Å². The van der Waals surface area contributed by atoms with E-state index in [1.54, 1.807) is 11.9 Å². The van der Waals surface area contributed by atoms with E-state index in [9.17, 15) is 4.79 Å². The van der Waals surface area contributed by atoms with Crippen LogP contribution in [0.25, 0.3) is 0 Å². The molecular formula is C18H24N4O. The van der Waals surface area contributed by atoms with E-state index in [0.717, 1.165) is 42.0 Å². The summed E-state index contributed by atoms with van der Waals surface area (Å²) in [5.41, 5.74) is 7.97. The number of nitrogens with zero attached hydrogens (tertiary/aromatic N) is 3. The van der Waals surface area contributed by atoms with E-state index in [-0.39, 0.29) is 5.91 Å². The minimum absolute atomic E-state index is 0.149. The Morgan fingerprint density at radius 3 is 2.48 bits per heavy atom. The molecule has 2 unspecified atom stereocenters. The number of benzene rings is 1. The van der Waals surface area contributed by atoms with E-state index >= 15 is 0 Å². The first-order chi connectivity index (χ1) is 11.1. The number of rotatable bonds is 0. The third-order valence-electron chi connectivity index (χ3n) is 5.63. The number of likely N-dealkylation sites (tertiary alicyclic amines) is 1. The summed E-state index contributed by atoms with van der Waals surface area (Å²) in [6.45, 7) is 2.09. The highest BCUT2D eigenvalue weighted by Gasteiger charge is 2.38. The highest BCUT2D eigenvalue weighted by molar-refractivity contribution is 6.11. The van der Waals surface area contributed by atoms with Gasteiger partial charge in [0.25, 0.3) is 5.91 Å². The lowest BCUT2D eigenvalue weighted by Crippen LogP contribution is -2.40. The van der Waals surface area contributed by atoms with Gasteiger partial charge in [0.05, 0.1) is 5.69 Å². The molecule has 0 aromatic heterocycles. The van der Waals surface area contributed by atoms with E-state index in [1.807, 2.05) is 18.2 Å². The van der Waals surface area contributed by atoms with Gasteiger partial charge in [0, 0.05) is 25.7 Å². The molecular weight excluding hydrogens is 288 g/mol. The van der Waals surface area contributed by atoms with Crippen LogP contribution < -0.4 is 10.6 Å². The molecule has 1 saturated carbocycles. The third-order valence-corrected chi connectivity index (χ3v) is 5.63. The maximum absolute atomic E-state index is 12.4. The highest BCUT2D eigenvalue weighted by atomic mass is 16.2. The summed E-state index contributed by atoms with van der Waals surface area (Å²) >= 11 is 0. The molecule has 0 radical (unpaired) electrons. The number of amides is 1. The fourth-order valence-corrected chi connectivity index (χ4v) is 4.36. The van der Waals surface area contributed by atoms with E-state index in [1.165, 1.54) is 25.7 Å². The van der Waals surface area contributed by atoms with Gasteiger partial charge in [-0.3, -0.25) is 4.79 Å². The average Bonchev–Trinajstić information content (AvgIpc) is 2.98. The fourth-order valence-electron chi connectivity index (χ4n) is 4.36. The van der Waals surface area contributed by atoms with Crippen LogP contribution in [0.4, 0.5) is 5.69 Å². The number of hydrogen-bond donors (Lipinski definition) is 1. The highest BCUT2D eigenvalue weighted by Crippen LogP contribution is 2.37. The van der Waals surface area contributed by atoms with Crippen molar-refractivity contribution in [1.29, 1.82) is 0 Å². The summed E-state index contributed by atoms with van der Waals surface area (Å²) in [6.07, 6.45) is 4.52. The predicted octanol–water partition coefficient (Wildman–Crippen LogP) is 1.82. The Kier molecular flexibility index (Phi) is 3.60. The van der Waals surface area contributed by atoms with Crippen LogP contribution in [0.3, 0.4) is 0 Å². The maximum Gasteiger partial charge on any atom is 0.266 e. The summed E-state index contributed by atoms with van der Waals surface area (Å²) < 4.78 is 0. The number of carbonyl (C=O) groups excluding carboxylic acids is 1. The summed E-state index contributed by atoms with van der Waals surface area (Å²) in [7, 11) is 1.78. The molecule has 1 aliphatic carbocycles. The largest absolute Gasteiger partial charge is 0.356 e. The first-order valence-electron chi connectivity index (χ1n) is 8.60. The van der Waals surface area contributed by atoms with Gasteiger partial charge in [0.2, 0.25) is 0 Å². The lowest BCUT2D eigenvalue weighted by Gasteiger charge is -2.23. The molecule has 2 aliphatic heterocycles. The summed E-state index contributed by atoms with van der Waals surface area (Å²) in [5, 5.41) is 0. The van der Waals surface area contributed by atoms with Gasteiger partial charge in [-0.2, -0.15) is 0 Å². The van der Waals surface area contributed by atoms with E-state index in [0.29, 0.717) is 0 Å². The Morgan fingerprint density at radius 2 is 1.78 bits per heavy atom. The Labute approximate surface area is 137 Å². The quantitative estimate of drug-likeness (QED) is 0.795. The number of amidine groups is 1. The first-order valence-corrected chi connectivity index (χ1v) is 8.60. The molecule has 23 heavy (non-hydrogen) atoms. The predicted molar refractivity (Wildman–Crippen MR) is 91.4 cm³/mol. The Hall–Kier alpha value is -1.88. The van der Waals surface area contributed by atoms with Crippen molar-refractivity contribution >= 4 is 17.4 Å². The van der Waals surface area contributed by atoms with Crippen molar-refractivity contribution in [3.8, 4) is 0 Å². The van der Waals surface area contributed by atoms with Crippen LogP contribution in [-0.2, 0) is 4.79 Å². The number of para-hydroxylation sites is 1. The molecule has 1 saturated heterocycles. The van der Waals surface area contributed by atoms with Crippen LogP contribution in [0.1, 0.15) is 31.2 Å². The number of carbonyl (C=O) groups is 1. The normalized spacial score (nSPS) is 30.6. The fraction of sp³-hybridized carbons (Fsp3) is 0.556. The molecule has 3 atom stereocenters. The Balaban J connectivity index is 1.73. The molecule has 1 amide bonds. The number of fused-ring (bicyclic) bond motifs is 2. The molecule has 5 heteroatoms. The van der Waals surface area contributed by atoms with E-state index in [4.69, 9.17) is 5.73 Å². The van der Waals surface area contributed by atoms with Crippen molar-refractivity contribution in [3.05, 3.63) is 29.8 Å². The molecule has 3 aliphatic rings. The number of aliphatic imine (C=N–C) groups is 1. The Morgan fingerprint density at radius 1 is 1.13 bits per heavy atom. The molecule has 5 nitrogen and oxygen atoms in total. The second-order valence-electron chi connectivity index (χ2n) is 7.02. The van der Waals surface area contributed by atoms with Gasteiger partial charge in [0.15, 0.2) is 6.17 Å². The number of anilines is 1. The minimum atomic E-state index is -0.815. The molecule has 0 bridgehead atoms. The summed E-state index contributed by atoms with van der Waals surface area (Å²) in [5.74, 6) is 2.29. The molecule has 2 heterocycles. The second kappa shape index (κ2) is 5.64. The smallest absolute Gasteiger partial charge is 0.266 e. The van der Waals surface area contributed by atoms with Crippen LogP contribution in [0.5, 0.6) is 0 Å². The monoisotopic (exact) mass is 312 g/mol. The number of likely N-dealkylation sites (N-methyl/N-ethyl adjacent to an activating group) is 1. The zero-order valence-corrected chi connectivity index (χ0v) is 13.6. The maximum atomic E-state index is 12.4. The van der Waals surface area contributed by atoms with Crippen molar-refractivity contribution < 1.29 is 4.79 Å². The van der Waals surface area contributed by atoms with Crippen LogP contribution in [0.15, 0.2) is 29.3 Å². The van der Waals surface area contributed by atoms with Gasteiger partial charge in [-0.15, -0.1) is 0 Å². The second-order valence-corrected chi connectivity index (χ2v) is 7.02. The van der Waals surface area contributed by atoms with Gasteiger partial charge in [-0.25, -0.2) is 4.99 Å². The van der Waals surface area contributed by atoms with Crippen molar-refractivity contribution in [2.45, 2.75) is 31.8 Å². The van der Waals surface area contributed by atoms with Crippen molar-refractivity contribution in [2.75, 3.05) is 25.0 Å². The average molecular weight is 312 g/mol. The van der Waals surface area contributed by atoms with Crippen LogP contribution in [0, 0.1) is 11.8 Å². The van der Waals surface area contributed by atoms with Crippen LogP contribution in [-0.4, -0.2) is 42.9 Å². The molecule has 2 fully saturated rings. The number of nitrogens with two attached hydrogens (primary N) is 1. The molecule has 2 N–H and O–H groups in total. The van der Waals surface area contributed by atoms with Gasteiger partial charge >= 0.3 is 0 Å². The zero-order chi connectivity index (χ0) is 16.0. The molecule has 4 rings (SSSR count). The molecule has 1 aromatic rings. The third kappa shape index (κ3) is 2.43. The van der Waals surface area contributed by atoms with Crippen molar-refractivity contribution in [2.24, 2.45) is 22.6 Å². The topological polar surface area (TPSA) is 61.9 Å². The minimum Gasteiger partial charge on any atom is -0.356 e. The number of benzodiazepines with no additional fused rings is 1. The lowest BCUT2D eigenvalue weighted by atomic mass is 9.82. The Bertz CT molecular complexity index is 642. The number of hydrogen-bond acceptors (Lipinski definition) is 4. The molecule has 1 aromatic carbocycles. The van der Waals surface area contributed by atoms with Gasteiger partial charge in [0.1, 0.15) is 5.84 Å². The summed E-state index contributed by atoms with van der Waals surface area (Å²) in [4.78, 5) is 21.0. The van der Waals surface area contributed by atoms with E-state index in [2.05, 4.69) is 16.0 Å². The van der Waals surface area contributed by atoms with E-state index < -0.39 is 6.17 Å². The van der Waals surface area contributed by atoms with Gasteiger partial charge in [-0.1, -0.05) is 25.0 Å². The first kappa shape index (κ1) is 14.7. The van der Waals surface area contributed by atoms with Gasteiger partial charge in [-0.05, 0) is 36.8 Å². The molecule has 0 spiro atoms. The standard InChI is InChI=1S/C18H24N4O/c1-21-15-9-5-4-8-14(15)17(20-16(19)18(21)23)22-10-12-6-2-3-7-13(12)11-22/h4-5,8-9,12-13,16H,2-3,6-7,10-11,19H2,1H3/t12?,13?,16-/m0/s1. The lowest BCUT2D eigenvalue weighted by molar-refractivity contribution is -0.119. The van der Waals surface area contributed by atoms with Crippen molar-refractivity contribution in [3.63, 3.8) is 0 Å². The van der Waals surface area contributed by atoms with Gasteiger partial charge < -0.3 is 15.5 Å².